The molecule has 2 heteroatoms. The molecule has 1 aliphatic rings. The maximum Gasteiger partial charge on any atom is 0.0527 e. The second-order valence-corrected chi connectivity index (χ2v) is 4.74. The maximum atomic E-state index is 4.12. The molecule has 1 aromatic carbocycles. The second-order valence-electron chi connectivity index (χ2n) is 4.74. The number of benzene rings is 1. The molecule has 1 saturated carbocycles. The predicted octanol–water partition coefficient (Wildman–Crippen LogP) is 3.23. The Morgan fingerprint density at radius 3 is 2.53 bits per heavy atom. The number of aromatic nitrogens is 1. The Labute approximate surface area is 102 Å². The summed E-state index contributed by atoms with van der Waals surface area (Å²) in [5.74, 6) is 0. The number of hydrogen-bond acceptors (Lipinski definition) is 2. The van der Waals surface area contributed by atoms with Crippen molar-refractivity contribution in [3.8, 4) is 0 Å². The van der Waals surface area contributed by atoms with Crippen LogP contribution >= 0.6 is 0 Å². The molecule has 0 saturated heterocycles. The topological polar surface area (TPSA) is 24.9 Å². The molecule has 2 nitrogen and oxygen atoms in total. The Morgan fingerprint density at radius 2 is 1.88 bits per heavy atom. The molecule has 3 rings (SSSR count). The van der Waals surface area contributed by atoms with E-state index in [0.717, 1.165) is 12.2 Å². The minimum absolute atomic E-state index is 0.358. The first-order valence-corrected chi connectivity index (χ1v) is 6.09. The normalized spacial score (nSPS) is 16.5. The third kappa shape index (κ3) is 2.16. The van der Waals surface area contributed by atoms with Crippen LogP contribution in [-0.2, 0) is 5.41 Å². The highest BCUT2D eigenvalue weighted by molar-refractivity contribution is 5.43. The van der Waals surface area contributed by atoms with Gasteiger partial charge < -0.3 is 5.32 Å². The Bertz CT molecular complexity index is 475. The molecule has 0 bridgehead atoms. The summed E-state index contributed by atoms with van der Waals surface area (Å²) in [6.07, 6.45) is 6.24. The third-order valence-electron chi connectivity index (χ3n) is 3.53. The van der Waals surface area contributed by atoms with Crippen molar-refractivity contribution in [3.05, 3.63) is 60.4 Å². The van der Waals surface area contributed by atoms with Crippen LogP contribution in [0, 0.1) is 0 Å². The van der Waals surface area contributed by atoms with Crippen LogP contribution in [0.4, 0.5) is 5.69 Å². The zero-order valence-corrected chi connectivity index (χ0v) is 9.76. The molecule has 0 radical (unpaired) electrons. The van der Waals surface area contributed by atoms with E-state index in [4.69, 9.17) is 0 Å². The average molecular weight is 224 g/mol. The van der Waals surface area contributed by atoms with E-state index in [9.17, 15) is 0 Å². The summed E-state index contributed by atoms with van der Waals surface area (Å²) in [6.45, 7) is 1.00. The summed E-state index contributed by atoms with van der Waals surface area (Å²) in [4.78, 5) is 4.12. The van der Waals surface area contributed by atoms with Gasteiger partial charge in [-0.15, -0.1) is 0 Å². The average Bonchev–Trinajstić information content (AvgIpc) is 3.20. The SMILES string of the molecule is c1ccc(C2(CNc3cccnc3)CC2)cc1. The lowest BCUT2D eigenvalue weighted by Crippen LogP contribution is -2.19. The summed E-state index contributed by atoms with van der Waals surface area (Å²) >= 11 is 0. The number of nitrogens with zero attached hydrogens (tertiary/aromatic N) is 1. The standard InChI is InChI=1S/C15H16N2/c1-2-5-13(6-3-1)15(8-9-15)12-17-14-7-4-10-16-11-14/h1-7,10-11,17H,8-9,12H2. The molecule has 2 aromatic rings. The van der Waals surface area contributed by atoms with Gasteiger partial charge in [-0.25, -0.2) is 0 Å². The molecule has 86 valence electrons. The fraction of sp³-hybridized carbons (Fsp3) is 0.267. The van der Waals surface area contributed by atoms with Crippen molar-refractivity contribution in [2.75, 3.05) is 11.9 Å². The molecule has 0 spiro atoms. The minimum atomic E-state index is 0.358. The fourth-order valence-corrected chi connectivity index (χ4v) is 2.25. The monoisotopic (exact) mass is 224 g/mol. The van der Waals surface area contributed by atoms with E-state index in [2.05, 4.69) is 46.7 Å². The van der Waals surface area contributed by atoms with Crippen molar-refractivity contribution in [2.24, 2.45) is 0 Å². The Morgan fingerprint density at radius 1 is 1.06 bits per heavy atom. The molecule has 1 aromatic heterocycles. The minimum Gasteiger partial charge on any atom is -0.383 e. The van der Waals surface area contributed by atoms with Crippen LogP contribution in [0.5, 0.6) is 0 Å². The van der Waals surface area contributed by atoms with E-state index in [0.29, 0.717) is 5.41 Å². The van der Waals surface area contributed by atoms with Gasteiger partial charge in [-0.2, -0.15) is 0 Å². The van der Waals surface area contributed by atoms with Crippen molar-refractivity contribution in [1.82, 2.24) is 4.98 Å². The zero-order chi connectivity index (χ0) is 11.6. The first-order valence-electron chi connectivity index (χ1n) is 6.09. The number of hydrogen-bond donors (Lipinski definition) is 1. The van der Waals surface area contributed by atoms with Gasteiger partial charge in [0, 0.05) is 24.4 Å². The first kappa shape index (κ1) is 10.3. The van der Waals surface area contributed by atoms with Crippen LogP contribution in [0.1, 0.15) is 18.4 Å². The van der Waals surface area contributed by atoms with Gasteiger partial charge in [-0.3, -0.25) is 4.98 Å². The van der Waals surface area contributed by atoms with Crippen LogP contribution in [0.2, 0.25) is 0 Å². The van der Waals surface area contributed by atoms with E-state index < -0.39 is 0 Å². The molecular formula is C15H16N2. The van der Waals surface area contributed by atoms with E-state index in [1.165, 1.54) is 18.4 Å². The predicted molar refractivity (Wildman–Crippen MR) is 70.1 cm³/mol. The number of pyridine rings is 1. The molecule has 1 fully saturated rings. The lowest BCUT2D eigenvalue weighted by atomic mass is 9.96. The quantitative estimate of drug-likeness (QED) is 0.862. The highest BCUT2D eigenvalue weighted by Crippen LogP contribution is 2.47. The van der Waals surface area contributed by atoms with Gasteiger partial charge in [-0.05, 0) is 30.5 Å². The van der Waals surface area contributed by atoms with Crippen LogP contribution in [0.15, 0.2) is 54.9 Å². The Hall–Kier alpha value is -1.83. The van der Waals surface area contributed by atoms with Gasteiger partial charge in [0.2, 0.25) is 0 Å². The number of anilines is 1. The van der Waals surface area contributed by atoms with Crippen LogP contribution < -0.4 is 5.32 Å². The Kier molecular flexibility index (Phi) is 2.56. The molecule has 0 amide bonds. The van der Waals surface area contributed by atoms with Gasteiger partial charge in [0.15, 0.2) is 0 Å². The molecular weight excluding hydrogens is 208 g/mol. The van der Waals surface area contributed by atoms with Crippen molar-refractivity contribution in [1.29, 1.82) is 0 Å². The highest BCUT2D eigenvalue weighted by Gasteiger charge is 2.43. The van der Waals surface area contributed by atoms with Crippen molar-refractivity contribution in [3.63, 3.8) is 0 Å². The molecule has 1 N–H and O–H groups in total. The summed E-state index contributed by atoms with van der Waals surface area (Å²) in [5, 5.41) is 3.48. The van der Waals surface area contributed by atoms with Gasteiger partial charge >= 0.3 is 0 Å². The Balaban J connectivity index is 1.70. The molecule has 0 atom stereocenters. The largest absolute Gasteiger partial charge is 0.383 e. The summed E-state index contributed by atoms with van der Waals surface area (Å²) in [7, 11) is 0. The summed E-state index contributed by atoms with van der Waals surface area (Å²) in [6, 6.07) is 14.8. The molecule has 0 aliphatic heterocycles. The smallest absolute Gasteiger partial charge is 0.0527 e. The highest BCUT2D eigenvalue weighted by atomic mass is 14.9. The van der Waals surface area contributed by atoms with Crippen molar-refractivity contribution in [2.45, 2.75) is 18.3 Å². The third-order valence-corrected chi connectivity index (χ3v) is 3.53. The molecule has 17 heavy (non-hydrogen) atoms. The summed E-state index contributed by atoms with van der Waals surface area (Å²) < 4.78 is 0. The van der Waals surface area contributed by atoms with E-state index in [1.54, 1.807) is 6.20 Å². The zero-order valence-electron chi connectivity index (χ0n) is 9.76. The number of nitrogens with one attached hydrogen (secondary N) is 1. The van der Waals surface area contributed by atoms with Crippen LogP contribution in [-0.4, -0.2) is 11.5 Å². The van der Waals surface area contributed by atoms with E-state index in [-0.39, 0.29) is 0 Å². The van der Waals surface area contributed by atoms with Crippen molar-refractivity contribution >= 4 is 5.69 Å². The van der Waals surface area contributed by atoms with Crippen LogP contribution in [0.25, 0.3) is 0 Å². The second kappa shape index (κ2) is 4.21. The number of rotatable bonds is 4. The van der Waals surface area contributed by atoms with Gasteiger partial charge in [0.25, 0.3) is 0 Å². The maximum absolute atomic E-state index is 4.12. The van der Waals surface area contributed by atoms with Gasteiger partial charge in [0.05, 0.1) is 5.69 Å². The molecule has 0 unspecified atom stereocenters. The first-order chi connectivity index (χ1) is 8.39. The van der Waals surface area contributed by atoms with Gasteiger partial charge in [-0.1, -0.05) is 30.3 Å². The van der Waals surface area contributed by atoms with E-state index in [1.807, 2.05) is 12.3 Å². The fourth-order valence-electron chi connectivity index (χ4n) is 2.25. The lowest BCUT2D eigenvalue weighted by Gasteiger charge is -2.17. The van der Waals surface area contributed by atoms with Gasteiger partial charge in [0.1, 0.15) is 0 Å². The summed E-state index contributed by atoms with van der Waals surface area (Å²) in [5.41, 5.74) is 2.92. The molecule has 1 heterocycles. The van der Waals surface area contributed by atoms with Crippen LogP contribution in [0.3, 0.4) is 0 Å². The molecule has 1 aliphatic carbocycles. The van der Waals surface area contributed by atoms with E-state index >= 15 is 0 Å². The van der Waals surface area contributed by atoms with Crippen molar-refractivity contribution < 1.29 is 0 Å². The lowest BCUT2D eigenvalue weighted by molar-refractivity contribution is 0.732.